The number of hydrogen-bond acceptors (Lipinski definition) is 10. The predicted molar refractivity (Wildman–Crippen MR) is 176 cm³/mol. The zero-order valence-corrected chi connectivity index (χ0v) is 29.3. The lowest BCUT2D eigenvalue weighted by Crippen LogP contribution is -2.56. The van der Waals surface area contributed by atoms with Gasteiger partial charge in [-0.1, -0.05) is 38.2 Å². The van der Waals surface area contributed by atoms with Crippen LogP contribution in [-0.2, 0) is 33.3 Å². The van der Waals surface area contributed by atoms with Gasteiger partial charge in [-0.25, -0.2) is 4.79 Å². The van der Waals surface area contributed by atoms with Crippen LogP contribution in [0.3, 0.4) is 0 Å². The van der Waals surface area contributed by atoms with Crippen LogP contribution < -0.4 is 5.73 Å². The van der Waals surface area contributed by atoms with Crippen LogP contribution >= 0.6 is 0 Å². The minimum absolute atomic E-state index is 0.0302. The van der Waals surface area contributed by atoms with Gasteiger partial charge in [-0.3, -0.25) is 24.2 Å². The van der Waals surface area contributed by atoms with E-state index in [4.69, 9.17) is 24.7 Å². The molecule has 1 aliphatic carbocycles. The highest BCUT2D eigenvalue weighted by molar-refractivity contribution is 6.25. The van der Waals surface area contributed by atoms with Gasteiger partial charge in [-0.15, -0.1) is 0 Å². The summed E-state index contributed by atoms with van der Waals surface area (Å²) in [7, 11) is 4.31. The molecule has 2 heterocycles. The lowest BCUT2D eigenvalue weighted by atomic mass is 9.82. The van der Waals surface area contributed by atoms with Gasteiger partial charge < -0.3 is 29.8 Å². The molecule has 2 aliphatic heterocycles. The van der Waals surface area contributed by atoms with Gasteiger partial charge >= 0.3 is 6.09 Å². The third kappa shape index (κ3) is 8.48. The van der Waals surface area contributed by atoms with Crippen LogP contribution in [0.4, 0.5) is 4.79 Å². The van der Waals surface area contributed by atoms with Crippen LogP contribution in [-0.4, -0.2) is 103 Å². The number of carbonyl (C=O) groups is 4. The van der Waals surface area contributed by atoms with E-state index in [1.54, 1.807) is 38.2 Å². The summed E-state index contributed by atoms with van der Waals surface area (Å²) in [6.45, 7) is 13.3. The number of nitrogens with zero attached hydrogens (tertiary/aromatic N) is 2. The number of aliphatic hydroxyl groups excluding tert-OH is 1. The second-order valence-electron chi connectivity index (χ2n) is 13.6. The number of ketones is 2. The second kappa shape index (κ2) is 15.5. The van der Waals surface area contributed by atoms with Crippen molar-refractivity contribution in [2.24, 2.45) is 17.6 Å². The summed E-state index contributed by atoms with van der Waals surface area (Å²) >= 11 is 0. The molecule has 0 fully saturated rings. The number of allylic oxidation sites excluding steroid dienone is 4. The highest BCUT2D eigenvalue weighted by atomic mass is 16.6. The number of aliphatic hydroxyl groups is 1. The molecule has 3 rings (SSSR count). The SMILES string of the molecule is COC1=C2C[C@@H](C)C[C@H](OC)[C@H](O)[C@@H](C)/C=C(\C)[C@H](OC(N)=O)[C@@H](OC)/C=C\C=C(/C)C(=O)N3CN(C(C)(C)C)CC(=C3C2=O)C1=O. The number of fused-ring (bicyclic) bond motifs is 1. The van der Waals surface area contributed by atoms with Crippen molar-refractivity contribution in [3.8, 4) is 0 Å². The minimum atomic E-state index is -0.997. The van der Waals surface area contributed by atoms with E-state index < -0.39 is 59.4 Å². The van der Waals surface area contributed by atoms with Gasteiger partial charge in [0, 0.05) is 48.9 Å². The van der Waals surface area contributed by atoms with Crippen molar-refractivity contribution in [2.75, 3.05) is 34.5 Å². The van der Waals surface area contributed by atoms with E-state index in [0.29, 0.717) is 17.6 Å². The number of carbonyl (C=O) groups excluding carboxylic acids is 4. The Labute approximate surface area is 277 Å². The number of ether oxygens (including phenoxy) is 4. The molecule has 0 radical (unpaired) electrons. The third-order valence-electron chi connectivity index (χ3n) is 9.04. The molecule has 0 unspecified atom stereocenters. The molecule has 0 aromatic rings. The Kier molecular flexibility index (Phi) is 12.5. The van der Waals surface area contributed by atoms with Crippen molar-refractivity contribution in [2.45, 2.75) is 91.3 Å². The van der Waals surface area contributed by atoms with Crippen molar-refractivity contribution >= 4 is 23.6 Å². The average molecular weight is 658 g/mol. The standard InChI is InChI=1S/C35H51N3O9/c1-19-14-23-29(40)27-24(30(41)32(23)46-10)17-37(35(5,6)7)18-38(27)33(42)20(2)12-11-13-25(44-8)31(47-34(36)43)22(4)16-21(3)28(39)26(15-19)45-9/h11-13,16,19,21,25-26,28,31,39H,14-15,17-18H2,1-10H3,(H2,36,43)/b13-11-,20-12+,22-16+/t19-,21+,25+,26+,28-,31+/m1/s1. The first kappa shape index (κ1) is 37.9. The number of rotatable bonds is 4. The van der Waals surface area contributed by atoms with Gasteiger partial charge in [0.2, 0.25) is 11.6 Å². The summed E-state index contributed by atoms with van der Waals surface area (Å²) in [6, 6.07) is 0. The normalized spacial score (nSPS) is 32.1. The molecular weight excluding hydrogens is 606 g/mol. The van der Waals surface area contributed by atoms with Crippen LogP contribution in [0.2, 0.25) is 0 Å². The lowest BCUT2D eigenvalue weighted by Gasteiger charge is -2.45. The minimum Gasteiger partial charge on any atom is -0.492 e. The number of hydrogen-bond donors (Lipinski definition) is 2. The number of amides is 2. The van der Waals surface area contributed by atoms with Crippen LogP contribution in [0, 0.1) is 11.8 Å². The summed E-state index contributed by atoms with van der Waals surface area (Å²) < 4.78 is 22.4. The highest BCUT2D eigenvalue weighted by Gasteiger charge is 2.45. The Morgan fingerprint density at radius 1 is 1.02 bits per heavy atom. The molecule has 0 saturated heterocycles. The first-order valence-electron chi connectivity index (χ1n) is 15.9. The van der Waals surface area contributed by atoms with Gasteiger partial charge in [-0.2, -0.15) is 0 Å². The molecule has 12 nitrogen and oxygen atoms in total. The summed E-state index contributed by atoms with van der Waals surface area (Å²) in [5.41, 5.74) is 6.31. The Balaban J connectivity index is 2.23. The van der Waals surface area contributed by atoms with Crippen LogP contribution in [0.1, 0.15) is 61.3 Å². The van der Waals surface area contributed by atoms with E-state index in [1.807, 2.05) is 39.5 Å². The van der Waals surface area contributed by atoms with Crippen LogP contribution in [0.15, 0.2) is 58.1 Å². The molecular formula is C35H51N3O9. The smallest absolute Gasteiger partial charge is 0.405 e. The zero-order chi connectivity index (χ0) is 35.4. The fourth-order valence-corrected chi connectivity index (χ4v) is 6.29. The second-order valence-corrected chi connectivity index (χ2v) is 13.6. The number of primary amides is 1. The fourth-order valence-electron chi connectivity index (χ4n) is 6.29. The van der Waals surface area contributed by atoms with E-state index in [-0.39, 0.29) is 48.2 Å². The van der Waals surface area contributed by atoms with Crippen molar-refractivity contribution in [3.63, 3.8) is 0 Å². The summed E-state index contributed by atoms with van der Waals surface area (Å²) in [5.74, 6) is -2.02. The summed E-state index contributed by atoms with van der Waals surface area (Å²) in [4.78, 5) is 57.6. The largest absolute Gasteiger partial charge is 0.492 e. The van der Waals surface area contributed by atoms with E-state index in [9.17, 15) is 24.3 Å². The van der Waals surface area contributed by atoms with E-state index in [0.717, 1.165) is 0 Å². The average Bonchev–Trinajstić information content (AvgIpc) is 3.01. The Morgan fingerprint density at radius 3 is 2.23 bits per heavy atom. The van der Waals surface area contributed by atoms with Gasteiger partial charge in [-0.05, 0) is 59.0 Å². The molecule has 260 valence electrons. The van der Waals surface area contributed by atoms with E-state index >= 15 is 0 Å². The molecule has 12 heteroatoms. The van der Waals surface area contributed by atoms with Crippen LogP contribution in [0.25, 0.3) is 0 Å². The maximum absolute atomic E-state index is 14.3. The van der Waals surface area contributed by atoms with Crippen LogP contribution in [0.5, 0.6) is 0 Å². The number of nitrogens with two attached hydrogens (primary N) is 1. The molecule has 3 aliphatic rings. The van der Waals surface area contributed by atoms with Crippen molar-refractivity contribution < 1.29 is 43.2 Å². The molecule has 0 aromatic heterocycles. The Hall–Kier alpha value is -3.58. The molecule has 6 atom stereocenters. The summed E-state index contributed by atoms with van der Waals surface area (Å²) in [6.07, 6.45) is 2.75. The molecule has 2 bridgehead atoms. The van der Waals surface area contributed by atoms with Crippen molar-refractivity contribution in [1.29, 1.82) is 0 Å². The number of Topliss-reactive ketones (excluding diaryl/α,β-unsaturated/α-hetero) is 2. The van der Waals surface area contributed by atoms with Gasteiger partial charge in [0.25, 0.3) is 5.91 Å². The molecule has 0 saturated carbocycles. The Morgan fingerprint density at radius 2 is 1.68 bits per heavy atom. The molecule has 0 spiro atoms. The van der Waals surface area contributed by atoms with Crippen molar-refractivity contribution in [1.82, 2.24) is 9.80 Å². The zero-order valence-electron chi connectivity index (χ0n) is 29.3. The van der Waals surface area contributed by atoms with E-state index in [2.05, 4.69) is 0 Å². The van der Waals surface area contributed by atoms with E-state index in [1.165, 1.54) is 26.2 Å². The lowest BCUT2D eigenvalue weighted by molar-refractivity contribution is -0.133. The molecule has 47 heavy (non-hydrogen) atoms. The predicted octanol–water partition coefficient (Wildman–Crippen LogP) is 3.56. The molecule has 0 aromatic carbocycles. The maximum atomic E-state index is 14.3. The van der Waals surface area contributed by atoms with Gasteiger partial charge in [0.05, 0.1) is 26.0 Å². The molecule has 2 amide bonds. The van der Waals surface area contributed by atoms with Gasteiger partial charge in [0.15, 0.2) is 11.9 Å². The van der Waals surface area contributed by atoms with Gasteiger partial charge in [0.1, 0.15) is 11.8 Å². The quantitative estimate of drug-likeness (QED) is 0.338. The maximum Gasteiger partial charge on any atom is 0.405 e. The first-order valence-corrected chi connectivity index (χ1v) is 15.9. The topological polar surface area (TPSA) is 158 Å². The summed E-state index contributed by atoms with van der Waals surface area (Å²) in [5, 5.41) is 11.4. The highest BCUT2D eigenvalue weighted by Crippen LogP contribution is 2.37. The fraction of sp³-hybridized carbons (Fsp3) is 0.600. The Bertz CT molecular complexity index is 1400. The molecule has 3 N–H and O–H groups in total. The monoisotopic (exact) mass is 657 g/mol. The number of methoxy groups -OCH3 is 3. The van der Waals surface area contributed by atoms with Crippen molar-refractivity contribution in [3.05, 3.63) is 58.1 Å². The third-order valence-corrected chi connectivity index (χ3v) is 9.04. The first-order chi connectivity index (χ1) is 22.0.